The van der Waals surface area contributed by atoms with Crippen LogP contribution in [0.5, 0.6) is 0 Å². The second-order valence-corrected chi connectivity index (χ2v) is 5.12. The molecule has 1 aromatic carbocycles. The van der Waals surface area contributed by atoms with E-state index in [1.54, 1.807) is 0 Å². The van der Waals surface area contributed by atoms with Crippen molar-refractivity contribution >= 4 is 0 Å². The molecular weight excluding hydrogens is 260 g/mol. The Balaban J connectivity index is 2.17. The van der Waals surface area contributed by atoms with Crippen LogP contribution in [0.2, 0.25) is 0 Å². The van der Waals surface area contributed by atoms with Crippen LogP contribution in [0.3, 0.4) is 0 Å². The molecule has 5 heteroatoms. The third kappa shape index (κ3) is 2.11. The summed E-state index contributed by atoms with van der Waals surface area (Å²) in [6.07, 6.45) is 4.02. The fraction of sp³-hybridized carbons (Fsp3) is 0.467. The minimum atomic E-state index is -2.61. The van der Waals surface area contributed by atoms with Gasteiger partial charge >= 0.3 is 0 Å². The molecule has 2 aromatic rings. The lowest BCUT2D eigenvalue weighted by atomic mass is 9.86. The van der Waals surface area contributed by atoms with Gasteiger partial charge in [-0.3, -0.25) is 4.57 Å². The van der Waals surface area contributed by atoms with Gasteiger partial charge < -0.3 is 0 Å². The number of nitrogens with zero attached hydrogens (tertiary/aromatic N) is 3. The average molecular weight is 277 g/mol. The van der Waals surface area contributed by atoms with E-state index in [4.69, 9.17) is 0 Å². The number of alkyl halides is 2. The lowest BCUT2D eigenvalue weighted by Crippen LogP contribution is -2.12. The van der Waals surface area contributed by atoms with Crippen LogP contribution in [0, 0.1) is 0 Å². The van der Waals surface area contributed by atoms with Crippen molar-refractivity contribution in [3.05, 3.63) is 41.0 Å². The van der Waals surface area contributed by atoms with Crippen molar-refractivity contribution in [1.29, 1.82) is 0 Å². The van der Waals surface area contributed by atoms with Crippen LogP contribution >= 0.6 is 0 Å². The van der Waals surface area contributed by atoms with Crippen molar-refractivity contribution in [1.82, 2.24) is 14.8 Å². The molecule has 1 aliphatic carbocycles. The number of benzene rings is 1. The van der Waals surface area contributed by atoms with Gasteiger partial charge in [0.15, 0.2) is 0 Å². The summed E-state index contributed by atoms with van der Waals surface area (Å²) < 4.78 is 27.4. The summed E-state index contributed by atoms with van der Waals surface area (Å²) in [5, 5.41) is 7.19. The number of fused-ring (bicyclic) bond motifs is 1. The van der Waals surface area contributed by atoms with Gasteiger partial charge in [-0.1, -0.05) is 13.0 Å². The van der Waals surface area contributed by atoms with Crippen LogP contribution in [0.25, 0.3) is 5.69 Å². The van der Waals surface area contributed by atoms with Crippen molar-refractivity contribution in [3.63, 3.8) is 0 Å². The highest BCUT2D eigenvalue weighted by molar-refractivity contribution is 5.51. The fourth-order valence-electron chi connectivity index (χ4n) is 3.06. The van der Waals surface area contributed by atoms with E-state index in [0.29, 0.717) is 0 Å². The zero-order valence-electron chi connectivity index (χ0n) is 11.4. The van der Waals surface area contributed by atoms with Gasteiger partial charge in [0, 0.05) is 0 Å². The molecule has 1 aliphatic rings. The molecule has 3 nitrogen and oxygen atoms in total. The Bertz CT molecular complexity index is 620. The molecular formula is C15H17F2N3. The highest BCUT2D eigenvalue weighted by Crippen LogP contribution is 2.31. The molecule has 0 bridgehead atoms. The van der Waals surface area contributed by atoms with E-state index in [1.807, 2.05) is 6.07 Å². The van der Waals surface area contributed by atoms with Gasteiger partial charge in [-0.15, -0.1) is 10.2 Å². The summed E-state index contributed by atoms with van der Waals surface area (Å²) in [5.74, 6) is -0.276. The summed E-state index contributed by atoms with van der Waals surface area (Å²) in [7, 11) is 0. The van der Waals surface area contributed by atoms with Crippen LogP contribution in [0.15, 0.2) is 18.5 Å². The molecule has 0 N–H and O–H groups in total. The van der Waals surface area contributed by atoms with Crippen LogP contribution in [-0.2, 0) is 19.3 Å². The van der Waals surface area contributed by atoms with Crippen molar-refractivity contribution in [2.75, 3.05) is 0 Å². The summed E-state index contributed by atoms with van der Waals surface area (Å²) in [4.78, 5) is 0. The molecule has 0 aliphatic heterocycles. The van der Waals surface area contributed by atoms with Crippen molar-refractivity contribution in [2.24, 2.45) is 0 Å². The van der Waals surface area contributed by atoms with Gasteiger partial charge in [-0.2, -0.15) is 0 Å². The van der Waals surface area contributed by atoms with Crippen molar-refractivity contribution < 1.29 is 8.78 Å². The minimum Gasteiger partial charge on any atom is -0.280 e. The van der Waals surface area contributed by atoms with Gasteiger partial charge in [0.1, 0.15) is 6.33 Å². The van der Waals surface area contributed by atoms with Gasteiger partial charge in [-0.05, 0) is 54.9 Å². The molecule has 0 atom stereocenters. The SMILES string of the molecule is CCc1ccc(-n2cnnc2C(F)F)c2c1CCCC2. The zero-order chi connectivity index (χ0) is 14.1. The molecule has 0 amide bonds. The first-order valence-corrected chi connectivity index (χ1v) is 7.04. The molecule has 0 unspecified atom stereocenters. The Morgan fingerprint density at radius 1 is 1.20 bits per heavy atom. The third-order valence-corrected chi connectivity index (χ3v) is 4.02. The predicted molar refractivity (Wildman–Crippen MR) is 72.3 cm³/mol. The maximum Gasteiger partial charge on any atom is 0.297 e. The fourth-order valence-corrected chi connectivity index (χ4v) is 3.06. The molecule has 0 radical (unpaired) electrons. The largest absolute Gasteiger partial charge is 0.297 e. The molecule has 0 fully saturated rings. The Morgan fingerprint density at radius 3 is 2.65 bits per heavy atom. The van der Waals surface area contributed by atoms with E-state index in [0.717, 1.165) is 31.4 Å². The van der Waals surface area contributed by atoms with Crippen LogP contribution in [0.1, 0.15) is 48.7 Å². The van der Waals surface area contributed by atoms with E-state index < -0.39 is 6.43 Å². The number of aryl methyl sites for hydroxylation is 1. The molecule has 0 spiro atoms. The lowest BCUT2D eigenvalue weighted by Gasteiger charge is -2.23. The highest BCUT2D eigenvalue weighted by atomic mass is 19.3. The number of hydrogen-bond donors (Lipinski definition) is 0. The van der Waals surface area contributed by atoms with E-state index in [1.165, 1.54) is 34.0 Å². The predicted octanol–water partition coefficient (Wildman–Crippen LogP) is 3.65. The quantitative estimate of drug-likeness (QED) is 0.857. The Labute approximate surface area is 116 Å². The van der Waals surface area contributed by atoms with E-state index >= 15 is 0 Å². The Morgan fingerprint density at radius 2 is 1.95 bits per heavy atom. The molecule has 3 rings (SSSR count). The molecule has 106 valence electrons. The monoisotopic (exact) mass is 277 g/mol. The van der Waals surface area contributed by atoms with Gasteiger partial charge in [0.25, 0.3) is 6.43 Å². The summed E-state index contributed by atoms with van der Waals surface area (Å²) >= 11 is 0. The molecule has 1 heterocycles. The smallest absolute Gasteiger partial charge is 0.280 e. The second kappa shape index (κ2) is 5.31. The maximum absolute atomic E-state index is 13.0. The molecule has 0 saturated carbocycles. The Hall–Kier alpha value is -1.78. The van der Waals surface area contributed by atoms with Crippen molar-refractivity contribution in [2.45, 2.75) is 45.5 Å². The van der Waals surface area contributed by atoms with Crippen LogP contribution in [0.4, 0.5) is 8.78 Å². The van der Waals surface area contributed by atoms with Crippen LogP contribution < -0.4 is 0 Å². The van der Waals surface area contributed by atoms with E-state index in [9.17, 15) is 8.78 Å². The van der Waals surface area contributed by atoms with Crippen LogP contribution in [-0.4, -0.2) is 14.8 Å². The zero-order valence-corrected chi connectivity index (χ0v) is 11.4. The van der Waals surface area contributed by atoms with E-state index in [2.05, 4.69) is 23.2 Å². The second-order valence-electron chi connectivity index (χ2n) is 5.12. The minimum absolute atomic E-state index is 0.276. The first kappa shape index (κ1) is 13.2. The normalized spacial score (nSPS) is 14.6. The number of hydrogen-bond acceptors (Lipinski definition) is 2. The molecule has 0 saturated heterocycles. The van der Waals surface area contributed by atoms with E-state index in [-0.39, 0.29) is 5.82 Å². The number of halogens is 2. The summed E-state index contributed by atoms with van der Waals surface area (Å²) in [6.45, 7) is 2.13. The first-order chi connectivity index (χ1) is 9.72. The van der Waals surface area contributed by atoms with Gasteiger partial charge in [0.05, 0.1) is 5.69 Å². The van der Waals surface area contributed by atoms with Gasteiger partial charge in [-0.25, -0.2) is 8.78 Å². The Kier molecular flexibility index (Phi) is 3.51. The molecule has 20 heavy (non-hydrogen) atoms. The number of aromatic nitrogens is 3. The third-order valence-electron chi connectivity index (χ3n) is 4.02. The summed E-state index contributed by atoms with van der Waals surface area (Å²) in [5.41, 5.74) is 4.68. The standard InChI is InChI=1S/C15H17F2N3/c1-2-10-7-8-13(12-6-4-3-5-11(10)12)20-9-18-19-15(20)14(16)17/h7-9,14H,2-6H2,1H3. The first-order valence-electron chi connectivity index (χ1n) is 7.04. The van der Waals surface area contributed by atoms with Crippen molar-refractivity contribution in [3.8, 4) is 5.69 Å². The topological polar surface area (TPSA) is 30.7 Å². The summed E-state index contributed by atoms with van der Waals surface area (Å²) in [6, 6.07) is 3.98. The molecule has 1 aromatic heterocycles. The van der Waals surface area contributed by atoms with Gasteiger partial charge in [0.2, 0.25) is 5.82 Å². The average Bonchev–Trinajstić information content (AvgIpc) is 2.95. The maximum atomic E-state index is 13.0. The lowest BCUT2D eigenvalue weighted by molar-refractivity contribution is 0.138. The number of rotatable bonds is 3. The highest BCUT2D eigenvalue weighted by Gasteiger charge is 2.22.